The monoisotopic (exact) mass is 167 g/mol. The summed E-state index contributed by atoms with van der Waals surface area (Å²) < 4.78 is 0. The highest BCUT2D eigenvalue weighted by atomic mass is 14.8. The molecule has 1 aliphatic rings. The van der Waals surface area contributed by atoms with E-state index in [0.29, 0.717) is 0 Å². The lowest BCUT2D eigenvalue weighted by Gasteiger charge is -2.26. The molecule has 1 aliphatic carbocycles. The quantitative estimate of drug-likeness (QED) is 0.501. The Morgan fingerprint density at radius 2 is 2.00 bits per heavy atom. The van der Waals surface area contributed by atoms with Gasteiger partial charge in [0.25, 0.3) is 0 Å². The fourth-order valence-corrected chi connectivity index (χ4v) is 1.92. The topological polar surface area (TPSA) is 12.0 Å². The molecule has 0 bridgehead atoms. The van der Waals surface area contributed by atoms with Crippen LogP contribution in [0.1, 0.15) is 32.6 Å². The normalized spacial score (nSPS) is 30.1. The van der Waals surface area contributed by atoms with E-state index in [1.165, 1.54) is 32.2 Å². The predicted octanol–water partition coefficient (Wildman–Crippen LogP) is 2.59. The van der Waals surface area contributed by atoms with Crippen molar-refractivity contribution in [1.29, 1.82) is 0 Å². The van der Waals surface area contributed by atoms with Crippen molar-refractivity contribution >= 4 is 0 Å². The number of rotatable bonds is 4. The zero-order valence-electron chi connectivity index (χ0n) is 8.18. The third-order valence-corrected chi connectivity index (χ3v) is 2.86. The zero-order chi connectivity index (χ0) is 8.81. The van der Waals surface area contributed by atoms with Gasteiger partial charge in [0.1, 0.15) is 0 Å². The van der Waals surface area contributed by atoms with Crippen molar-refractivity contribution in [2.75, 3.05) is 13.1 Å². The summed E-state index contributed by atoms with van der Waals surface area (Å²) in [5.74, 6) is 1.90. The Hall–Kier alpha value is -0.300. The summed E-state index contributed by atoms with van der Waals surface area (Å²) in [6.07, 6.45) is 7.64. The van der Waals surface area contributed by atoms with Gasteiger partial charge < -0.3 is 5.32 Å². The van der Waals surface area contributed by atoms with Gasteiger partial charge >= 0.3 is 0 Å². The summed E-state index contributed by atoms with van der Waals surface area (Å²) in [5.41, 5.74) is 0. The summed E-state index contributed by atoms with van der Waals surface area (Å²) in [7, 11) is 0. The minimum absolute atomic E-state index is 0.932. The first-order valence-electron chi connectivity index (χ1n) is 5.14. The van der Waals surface area contributed by atoms with Crippen LogP contribution in [0.25, 0.3) is 0 Å². The highest BCUT2D eigenvalue weighted by molar-refractivity contribution is 4.75. The van der Waals surface area contributed by atoms with Crippen LogP contribution in [0.5, 0.6) is 0 Å². The molecule has 1 N–H and O–H groups in total. The van der Waals surface area contributed by atoms with Crippen molar-refractivity contribution in [2.24, 2.45) is 11.8 Å². The molecule has 1 heteroatoms. The van der Waals surface area contributed by atoms with Crippen molar-refractivity contribution in [2.45, 2.75) is 32.6 Å². The van der Waals surface area contributed by atoms with Gasteiger partial charge in [0.05, 0.1) is 0 Å². The Balaban J connectivity index is 2.05. The Morgan fingerprint density at radius 3 is 2.58 bits per heavy atom. The summed E-state index contributed by atoms with van der Waals surface area (Å²) in [5, 5.41) is 3.40. The molecular formula is C11H21N. The largest absolute Gasteiger partial charge is 0.313 e. The second-order valence-corrected chi connectivity index (χ2v) is 4.07. The van der Waals surface area contributed by atoms with Gasteiger partial charge in [-0.2, -0.15) is 0 Å². The molecule has 0 aromatic rings. The molecule has 1 saturated carbocycles. The molecule has 1 rings (SSSR count). The fourth-order valence-electron chi connectivity index (χ4n) is 1.92. The van der Waals surface area contributed by atoms with E-state index in [9.17, 15) is 0 Å². The summed E-state index contributed by atoms with van der Waals surface area (Å²) >= 11 is 0. The summed E-state index contributed by atoms with van der Waals surface area (Å²) in [4.78, 5) is 0. The number of hydrogen-bond donors (Lipinski definition) is 1. The third-order valence-electron chi connectivity index (χ3n) is 2.86. The van der Waals surface area contributed by atoms with Gasteiger partial charge in [-0.3, -0.25) is 0 Å². The predicted molar refractivity (Wildman–Crippen MR) is 54.2 cm³/mol. The lowest BCUT2D eigenvalue weighted by Crippen LogP contribution is -2.25. The van der Waals surface area contributed by atoms with E-state index in [1.807, 2.05) is 6.08 Å². The van der Waals surface area contributed by atoms with Crippen LogP contribution >= 0.6 is 0 Å². The molecule has 0 atom stereocenters. The Kier molecular flexibility index (Phi) is 4.37. The van der Waals surface area contributed by atoms with Crippen molar-refractivity contribution < 1.29 is 0 Å². The first kappa shape index (κ1) is 9.79. The van der Waals surface area contributed by atoms with Crippen LogP contribution in [0.15, 0.2) is 12.7 Å². The average molecular weight is 167 g/mol. The lowest BCUT2D eigenvalue weighted by molar-refractivity contribution is 0.284. The van der Waals surface area contributed by atoms with Crippen LogP contribution in [0.2, 0.25) is 0 Å². The van der Waals surface area contributed by atoms with Crippen LogP contribution in [0.4, 0.5) is 0 Å². The van der Waals surface area contributed by atoms with Gasteiger partial charge in [0, 0.05) is 6.54 Å². The maximum absolute atomic E-state index is 3.69. The van der Waals surface area contributed by atoms with E-state index >= 15 is 0 Å². The highest BCUT2D eigenvalue weighted by Crippen LogP contribution is 2.27. The summed E-state index contributed by atoms with van der Waals surface area (Å²) in [6.45, 7) is 8.22. The van der Waals surface area contributed by atoms with E-state index in [1.54, 1.807) is 0 Å². The van der Waals surface area contributed by atoms with Crippen LogP contribution < -0.4 is 5.32 Å². The van der Waals surface area contributed by atoms with E-state index in [4.69, 9.17) is 0 Å². The van der Waals surface area contributed by atoms with Crippen LogP contribution in [-0.4, -0.2) is 13.1 Å². The SMILES string of the molecule is C=CCNCC1CCC(C)CC1. The molecule has 0 aliphatic heterocycles. The maximum Gasteiger partial charge on any atom is 0.0132 e. The lowest BCUT2D eigenvalue weighted by atomic mass is 9.83. The smallest absolute Gasteiger partial charge is 0.0132 e. The number of hydrogen-bond acceptors (Lipinski definition) is 1. The van der Waals surface area contributed by atoms with Crippen LogP contribution in [0, 0.1) is 11.8 Å². The second kappa shape index (κ2) is 5.36. The van der Waals surface area contributed by atoms with Gasteiger partial charge in [0.15, 0.2) is 0 Å². The molecule has 0 aromatic carbocycles. The van der Waals surface area contributed by atoms with Gasteiger partial charge in [-0.05, 0) is 31.2 Å². The molecular weight excluding hydrogens is 146 g/mol. The van der Waals surface area contributed by atoms with E-state index < -0.39 is 0 Å². The molecule has 0 aromatic heterocycles. The third kappa shape index (κ3) is 3.40. The zero-order valence-corrected chi connectivity index (χ0v) is 8.18. The van der Waals surface area contributed by atoms with Crippen molar-refractivity contribution in [3.63, 3.8) is 0 Å². The van der Waals surface area contributed by atoms with E-state index in [-0.39, 0.29) is 0 Å². The molecule has 12 heavy (non-hydrogen) atoms. The minimum atomic E-state index is 0.932. The standard InChI is InChI=1S/C11H21N/c1-3-8-12-9-11-6-4-10(2)5-7-11/h3,10-12H,1,4-9H2,2H3. The van der Waals surface area contributed by atoms with Crippen LogP contribution in [-0.2, 0) is 0 Å². The van der Waals surface area contributed by atoms with E-state index in [2.05, 4.69) is 18.8 Å². The fraction of sp³-hybridized carbons (Fsp3) is 0.818. The molecule has 0 radical (unpaired) electrons. The van der Waals surface area contributed by atoms with Crippen LogP contribution in [0.3, 0.4) is 0 Å². The maximum atomic E-state index is 3.69. The molecule has 70 valence electrons. The molecule has 1 nitrogen and oxygen atoms in total. The second-order valence-electron chi connectivity index (χ2n) is 4.07. The van der Waals surface area contributed by atoms with Crippen molar-refractivity contribution in [1.82, 2.24) is 5.32 Å². The molecule has 1 fully saturated rings. The summed E-state index contributed by atoms with van der Waals surface area (Å²) in [6, 6.07) is 0. The van der Waals surface area contributed by atoms with Gasteiger partial charge in [0.2, 0.25) is 0 Å². The molecule has 0 spiro atoms. The molecule has 0 heterocycles. The average Bonchev–Trinajstić information content (AvgIpc) is 2.09. The van der Waals surface area contributed by atoms with Crippen molar-refractivity contribution in [3.05, 3.63) is 12.7 Å². The molecule has 0 saturated heterocycles. The van der Waals surface area contributed by atoms with Crippen molar-refractivity contribution in [3.8, 4) is 0 Å². The highest BCUT2D eigenvalue weighted by Gasteiger charge is 2.16. The first-order chi connectivity index (χ1) is 5.83. The minimum Gasteiger partial charge on any atom is -0.313 e. The Morgan fingerprint density at radius 1 is 1.33 bits per heavy atom. The molecule has 0 amide bonds. The number of nitrogens with one attached hydrogen (secondary N) is 1. The Labute approximate surface area is 76.2 Å². The van der Waals surface area contributed by atoms with E-state index in [0.717, 1.165) is 18.4 Å². The first-order valence-corrected chi connectivity index (χ1v) is 5.14. The Bertz CT molecular complexity index is 123. The van der Waals surface area contributed by atoms with Gasteiger partial charge in [-0.15, -0.1) is 6.58 Å². The van der Waals surface area contributed by atoms with Gasteiger partial charge in [-0.25, -0.2) is 0 Å². The van der Waals surface area contributed by atoms with Gasteiger partial charge in [-0.1, -0.05) is 25.8 Å². The molecule has 0 unspecified atom stereocenters.